The number of methoxy groups -OCH3 is 4. The molecule has 0 spiro atoms. The van der Waals surface area contributed by atoms with E-state index >= 15 is 0 Å². The standard InChI is InChI=1S/C56H48F2N6O10/c1-68-48-29-42-44(31-50(48)70-3)59-26-21-46(42)73-39-17-13-36(14-18-39)62-53(66)41(52(65)61-35-9-5-33(57)6-10-35)23-28-72-55(56(24-25-56)54(67)63-37-11-7-34(58)8-12-37)64-38-15-19-40(20-16-38)74-47-22-27-60-45-32-51(71-4)49(69-2)30-43(45)47/h5-22,26-27,29-32,41H,23-25,28H2,1-4H3,(H,61,65)(H,62,66)(H,63,67). The highest BCUT2D eigenvalue weighted by molar-refractivity contribution is 6.14. The largest absolute Gasteiger partial charge is 0.493 e. The van der Waals surface area contributed by atoms with Gasteiger partial charge in [0.25, 0.3) is 0 Å². The monoisotopic (exact) mass is 1000 g/mol. The van der Waals surface area contributed by atoms with Crippen molar-refractivity contribution in [3.05, 3.63) is 157 Å². The van der Waals surface area contributed by atoms with Gasteiger partial charge in [-0.05, 0) is 134 Å². The van der Waals surface area contributed by atoms with E-state index < -0.39 is 40.7 Å². The molecule has 0 bridgehead atoms. The molecule has 1 fully saturated rings. The minimum atomic E-state index is -1.36. The molecule has 16 nitrogen and oxygen atoms in total. The van der Waals surface area contributed by atoms with Gasteiger partial charge in [-0.25, -0.2) is 13.8 Å². The number of carbonyl (C=O) groups excluding carboxylic acids is 3. The number of nitrogens with one attached hydrogen (secondary N) is 3. The summed E-state index contributed by atoms with van der Waals surface area (Å²) in [5.41, 5.74) is 1.41. The van der Waals surface area contributed by atoms with Crippen LogP contribution in [-0.2, 0) is 19.1 Å². The number of carbonyl (C=O) groups is 3. The van der Waals surface area contributed by atoms with Crippen LogP contribution in [-0.4, -0.2) is 68.6 Å². The molecular weight excluding hydrogens is 955 g/mol. The lowest BCUT2D eigenvalue weighted by Crippen LogP contribution is -2.36. The van der Waals surface area contributed by atoms with Crippen LogP contribution >= 0.6 is 0 Å². The third-order valence-corrected chi connectivity index (χ3v) is 12.1. The van der Waals surface area contributed by atoms with Gasteiger partial charge >= 0.3 is 0 Å². The number of nitrogens with zero attached hydrogens (tertiary/aromatic N) is 3. The van der Waals surface area contributed by atoms with E-state index in [1.165, 1.54) is 62.8 Å². The average Bonchev–Trinajstić information content (AvgIpc) is 4.23. The third kappa shape index (κ3) is 11.2. The first-order valence-corrected chi connectivity index (χ1v) is 23.2. The van der Waals surface area contributed by atoms with E-state index in [4.69, 9.17) is 38.2 Å². The normalized spacial score (nSPS) is 13.0. The lowest BCUT2D eigenvalue weighted by Gasteiger charge is -2.21. The van der Waals surface area contributed by atoms with Gasteiger partial charge in [-0.2, -0.15) is 0 Å². The lowest BCUT2D eigenvalue weighted by molar-refractivity contribution is -0.130. The van der Waals surface area contributed by atoms with Gasteiger partial charge in [-0.15, -0.1) is 0 Å². The summed E-state index contributed by atoms with van der Waals surface area (Å²) in [6.07, 6.45) is 3.77. The van der Waals surface area contributed by atoms with Crippen molar-refractivity contribution in [1.29, 1.82) is 0 Å². The van der Waals surface area contributed by atoms with E-state index in [1.807, 2.05) is 0 Å². The Morgan fingerprint density at radius 2 is 0.973 bits per heavy atom. The van der Waals surface area contributed by atoms with E-state index in [2.05, 4.69) is 25.9 Å². The van der Waals surface area contributed by atoms with Crippen molar-refractivity contribution in [2.45, 2.75) is 19.3 Å². The molecule has 18 heteroatoms. The number of ether oxygens (including phenoxy) is 7. The number of pyridine rings is 2. The fraction of sp³-hybridized carbons (Fsp3) is 0.179. The number of fused-ring (bicyclic) bond motifs is 2. The van der Waals surface area contributed by atoms with Gasteiger partial charge in [0.05, 0.1) is 51.8 Å². The van der Waals surface area contributed by atoms with E-state index in [9.17, 15) is 23.2 Å². The summed E-state index contributed by atoms with van der Waals surface area (Å²) >= 11 is 0. The summed E-state index contributed by atoms with van der Waals surface area (Å²) in [5, 5.41) is 9.74. The number of amides is 3. The van der Waals surface area contributed by atoms with Crippen LogP contribution in [0.1, 0.15) is 19.3 Å². The number of halogens is 2. The van der Waals surface area contributed by atoms with Gasteiger partial charge in [0.2, 0.25) is 23.6 Å². The summed E-state index contributed by atoms with van der Waals surface area (Å²) in [7, 11) is 6.16. The number of hydrogen-bond donors (Lipinski definition) is 3. The topological polar surface area (TPSA) is 190 Å². The van der Waals surface area contributed by atoms with Crippen LogP contribution in [0, 0.1) is 23.0 Å². The molecule has 74 heavy (non-hydrogen) atoms. The number of anilines is 3. The minimum Gasteiger partial charge on any atom is -0.493 e. The Kier molecular flexibility index (Phi) is 14.8. The molecule has 1 unspecified atom stereocenters. The molecule has 6 aromatic carbocycles. The second kappa shape index (κ2) is 22.0. The molecule has 8 aromatic rings. The maximum atomic E-state index is 14.1. The molecule has 1 aliphatic rings. The molecule has 1 saturated carbocycles. The Morgan fingerprint density at radius 1 is 0.554 bits per heavy atom. The van der Waals surface area contributed by atoms with Gasteiger partial charge in [-0.3, -0.25) is 24.4 Å². The summed E-state index contributed by atoms with van der Waals surface area (Å²) in [4.78, 5) is 55.9. The molecule has 3 amide bonds. The molecule has 2 heterocycles. The Bertz CT molecular complexity index is 3370. The van der Waals surface area contributed by atoms with Crippen molar-refractivity contribution < 1.29 is 56.3 Å². The summed E-state index contributed by atoms with van der Waals surface area (Å²) < 4.78 is 68.4. The maximum absolute atomic E-state index is 14.1. The van der Waals surface area contributed by atoms with Crippen LogP contribution in [0.3, 0.4) is 0 Å². The Morgan fingerprint density at radius 3 is 1.42 bits per heavy atom. The second-order valence-corrected chi connectivity index (χ2v) is 16.9. The average molecular weight is 1000 g/mol. The number of aromatic nitrogens is 2. The van der Waals surface area contributed by atoms with Gasteiger partial charge in [-0.1, -0.05) is 0 Å². The van der Waals surface area contributed by atoms with Crippen molar-refractivity contribution in [3.63, 3.8) is 0 Å². The van der Waals surface area contributed by atoms with Gasteiger partial charge in [0, 0.05) is 58.8 Å². The van der Waals surface area contributed by atoms with Gasteiger partial charge in [0.15, 0.2) is 23.0 Å². The van der Waals surface area contributed by atoms with Crippen molar-refractivity contribution in [3.8, 4) is 46.0 Å². The van der Waals surface area contributed by atoms with E-state index in [1.54, 1.807) is 112 Å². The summed E-state index contributed by atoms with van der Waals surface area (Å²) in [5.74, 6) is -0.141. The molecule has 1 aliphatic carbocycles. The zero-order valence-electron chi connectivity index (χ0n) is 40.4. The fourth-order valence-electron chi connectivity index (χ4n) is 8.01. The number of hydrogen-bond acceptors (Lipinski definition) is 13. The zero-order valence-corrected chi connectivity index (χ0v) is 40.4. The smallest absolute Gasteiger partial charge is 0.239 e. The highest BCUT2D eigenvalue weighted by Gasteiger charge is 2.56. The highest BCUT2D eigenvalue weighted by atomic mass is 19.1. The van der Waals surface area contributed by atoms with E-state index in [0.717, 1.165) is 0 Å². The Hall–Kier alpha value is -9.32. The first-order valence-electron chi connectivity index (χ1n) is 23.2. The summed E-state index contributed by atoms with van der Waals surface area (Å²) in [6.45, 7) is -0.243. The van der Waals surface area contributed by atoms with Crippen LogP contribution < -0.4 is 44.4 Å². The first kappa shape index (κ1) is 49.7. The molecule has 0 radical (unpaired) electrons. The zero-order chi connectivity index (χ0) is 51.8. The number of aliphatic imine (C=N–C) groups is 1. The predicted molar refractivity (Wildman–Crippen MR) is 274 cm³/mol. The van der Waals surface area contributed by atoms with Crippen molar-refractivity contribution >= 4 is 68.2 Å². The molecule has 376 valence electrons. The predicted octanol–water partition coefficient (Wildman–Crippen LogP) is 11.4. The fourth-order valence-corrected chi connectivity index (χ4v) is 8.01. The van der Waals surface area contributed by atoms with E-state index in [-0.39, 0.29) is 24.6 Å². The van der Waals surface area contributed by atoms with Crippen molar-refractivity contribution in [1.82, 2.24) is 9.97 Å². The van der Waals surface area contributed by atoms with Crippen LogP contribution in [0.4, 0.5) is 31.5 Å². The maximum Gasteiger partial charge on any atom is 0.239 e. The number of benzene rings is 6. The number of rotatable bonds is 19. The molecular formula is C56H48F2N6O10. The van der Waals surface area contributed by atoms with Gasteiger partial charge < -0.3 is 49.1 Å². The van der Waals surface area contributed by atoms with Crippen LogP contribution in [0.2, 0.25) is 0 Å². The first-order chi connectivity index (χ1) is 35.9. The molecule has 2 aromatic heterocycles. The lowest BCUT2D eigenvalue weighted by atomic mass is 10.0. The molecule has 1 atom stereocenters. The molecule has 3 N–H and O–H groups in total. The van der Waals surface area contributed by atoms with Crippen molar-refractivity contribution in [2.24, 2.45) is 16.3 Å². The Labute approximate surface area is 423 Å². The molecule has 0 saturated heterocycles. The quantitative estimate of drug-likeness (QED) is 0.0395. The highest BCUT2D eigenvalue weighted by Crippen LogP contribution is 2.49. The van der Waals surface area contributed by atoms with Crippen LogP contribution in [0.5, 0.6) is 46.0 Å². The Balaban J connectivity index is 0.948. The SMILES string of the molecule is COc1cc2nccc(Oc3ccc(N=C(OCCC(C(=O)Nc4ccc(F)cc4)C(=O)Nc4ccc(Oc5ccnc6cc(OC)c(OC)cc56)cc4)C4(C(=O)Nc5ccc(F)cc5)CC4)cc3)c2cc1OC. The van der Waals surface area contributed by atoms with Crippen molar-refractivity contribution in [2.75, 3.05) is 51.0 Å². The minimum absolute atomic E-state index is 0.0418. The van der Waals surface area contributed by atoms with E-state index in [0.29, 0.717) is 97.7 Å². The van der Waals surface area contributed by atoms with Gasteiger partial charge in [0.1, 0.15) is 46.0 Å². The molecule has 9 rings (SSSR count). The van der Waals surface area contributed by atoms with Crippen LogP contribution in [0.25, 0.3) is 21.8 Å². The summed E-state index contributed by atoms with van der Waals surface area (Å²) in [6, 6.07) is 34.3. The third-order valence-electron chi connectivity index (χ3n) is 12.1. The second-order valence-electron chi connectivity index (χ2n) is 16.9. The molecule has 0 aliphatic heterocycles. The van der Waals surface area contributed by atoms with Crippen LogP contribution in [0.15, 0.2) is 151 Å².